The molecular weight excluding hydrogens is 340 g/mol. The van der Waals surface area contributed by atoms with Crippen molar-refractivity contribution in [3.8, 4) is 11.3 Å². The number of nitrogens with zero attached hydrogens (tertiary/aromatic N) is 2. The van der Waals surface area contributed by atoms with E-state index in [1.54, 1.807) is 11.1 Å². The van der Waals surface area contributed by atoms with Crippen LogP contribution in [0.5, 0.6) is 0 Å². The molecule has 3 rings (SSSR count). The molecule has 1 amide bonds. The van der Waals surface area contributed by atoms with E-state index in [-0.39, 0.29) is 12.1 Å². The van der Waals surface area contributed by atoms with E-state index in [2.05, 4.69) is 4.98 Å². The van der Waals surface area contributed by atoms with E-state index in [0.29, 0.717) is 6.54 Å². The van der Waals surface area contributed by atoms with Crippen LogP contribution in [0.3, 0.4) is 0 Å². The van der Waals surface area contributed by atoms with Gasteiger partial charge in [0.2, 0.25) is 0 Å². The molecule has 5 heteroatoms. The molecule has 1 aromatic carbocycles. The smallest absolute Gasteiger partial charge is 0.410 e. The van der Waals surface area contributed by atoms with Crippen LogP contribution in [0.25, 0.3) is 11.3 Å². The third kappa shape index (κ3) is 4.86. The lowest BCUT2D eigenvalue weighted by Crippen LogP contribution is -2.48. The fourth-order valence-corrected chi connectivity index (χ4v) is 3.47. The van der Waals surface area contributed by atoms with Gasteiger partial charge in [-0.2, -0.15) is 0 Å². The van der Waals surface area contributed by atoms with Crippen molar-refractivity contribution in [3.05, 3.63) is 54.2 Å². The Morgan fingerprint density at radius 3 is 2.74 bits per heavy atom. The molecule has 5 nitrogen and oxygen atoms in total. The minimum absolute atomic E-state index is 0.285. The number of ether oxygens (including phenoxy) is 1. The third-order valence-corrected chi connectivity index (χ3v) is 4.73. The van der Waals surface area contributed by atoms with E-state index in [9.17, 15) is 9.90 Å². The van der Waals surface area contributed by atoms with Crippen LogP contribution in [0, 0.1) is 0 Å². The second-order valence-electron chi connectivity index (χ2n) is 8.02. The predicted molar refractivity (Wildman–Crippen MR) is 105 cm³/mol. The average Bonchev–Trinajstić information content (AvgIpc) is 2.67. The maximum absolute atomic E-state index is 12.6. The van der Waals surface area contributed by atoms with Gasteiger partial charge in [0, 0.05) is 18.3 Å². The van der Waals surface area contributed by atoms with Crippen LogP contribution in [0.15, 0.2) is 48.7 Å². The van der Waals surface area contributed by atoms with Crippen molar-refractivity contribution in [1.82, 2.24) is 9.88 Å². The molecule has 2 atom stereocenters. The quantitative estimate of drug-likeness (QED) is 0.862. The molecule has 0 unspecified atom stereocenters. The van der Waals surface area contributed by atoms with Gasteiger partial charge >= 0.3 is 6.09 Å². The summed E-state index contributed by atoms with van der Waals surface area (Å²) in [6.45, 7) is 6.18. The lowest BCUT2D eigenvalue weighted by molar-refractivity contribution is -0.0169. The zero-order valence-corrected chi connectivity index (χ0v) is 16.3. The highest BCUT2D eigenvalue weighted by Gasteiger charge is 2.35. The van der Waals surface area contributed by atoms with Gasteiger partial charge in [-0.15, -0.1) is 0 Å². The van der Waals surface area contributed by atoms with Crippen molar-refractivity contribution in [2.75, 3.05) is 6.54 Å². The number of amides is 1. The first-order valence-electron chi connectivity index (χ1n) is 9.54. The monoisotopic (exact) mass is 368 g/mol. The Morgan fingerprint density at radius 2 is 2.04 bits per heavy atom. The molecule has 0 saturated carbocycles. The first-order chi connectivity index (χ1) is 12.8. The number of benzene rings is 1. The zero-order chi connectivity index (χ0) is 19.4. The van der Waals surface area contributed by atoms with Crippen LogP contribution in [-0.4, -0.2) is 39.3 Å². The van der Waals surface area contributed by atoms with Crippen molar-refractivity contribution < 1.29 is 14.6 Å². The Bertz CT molecular complexity index is 771. The summed E-state index contributed by atoms with van der Waals surface area (Å²) < 4.78 is 5.55. The lowest BCUT2D eigenvalue weighted by atomic mass is 9.92. The van der Waals surface area contributed by atoms with E-state index in [4.69, 9.17) is 4.74 Å². The summed E-state index contributed by atoms with van der Waals surface area (Å²) in [5.74, 6) is 0. The molecule has 1 aliphatic heterocycles. The zero-order valence-electron chi connectivity index (χ0n) is 16.3. The van der Waals surface area contributed by atoms with Crippen molar-refractivity contribution in [2.45, 2.75) is 57.8 Å². The average molecular weight is 368 g/mol. The fraction of sp³-hybridized carbons (Fsp3) is 0.455. The van der Waals surface area contributed by atoms with Crippen LogP contribution in [-0.2, 0) is 4.74 Å². The van der Waals surface area contributed by atoms with Crippen LogP contribution in [0.1, 0.15) is 51.7 Å². The summed E-state index contributed by atoms with van der Waals surface area (Å²) in [6, 6.07) is 13.2. The van der Waals surface area contributed by atoms with Gasteiger partial charge < -0.3 is 14.7 Å². The molecule has 0 radical (unpaired) electrons. The number of aliphatic hydroxyl groups excluding tert-OH is 1. The maximum Gasteiger partial charge on any atom is 0.410 e. The summed E-state index contributed by atoms with van der Waals surface area (Å²) in [7, 11) is 0. The summed E-state index contributed by atoms with van der Waals surface area (Å²) in [5.41, 5.74) is 2.05. The highest BCUT2D eigenvalue weighted by Crippen LogP contribution is 2.31. The Kier molecular flexibility index (Phi) is 5.80. The molecule has 144 valence electrons. The molecule has 27 heavy (non-hydrogen) atoms. The molecule has 1 aliphatic rings. The number of carbonyl (C=O) groups excluding carboxylic acids is 1. The second kappa shape index (κ2) is 8.09. The predicted octanol–water partition coefficient (Wildman–Crippen LogP) is 4.57. The minimum atomic E-state index is -0.763. The molecule has 2 heterocycles. The number of aliphatic hydroxyl groups is 1. The van der Waals surface area contributed by atoms with E-state index in [1.807, 2.05) is 63.2 Å². The van der Waals surface area contributed by atoms with Gasteiger partial charge in [0.1, 0.15) is 5.60 Å². The number of pyridine rings is 1. The number of hydrogen-bond donors (Lipinski definition) is 1. The molecular formula is C22H28N2O3. The SMILES string of the molecule is CC(C)(C)OC(=O)N1CCCC[C@H]1[C@@H](O)c1cccc(-c2ccccn2)c1. The molecule has 2 aromatic rings. The van der Waals surface area contributed by atoms with Gasteiger partial charge in [-0.3, -0.25) is 4.98 Å². The van der Waals surface area contributed by atoms with Crippen LogP contribution < -0.4 is 0 Å². The molecule has 0 aliphatic carbocycles. The number of hydrogen-bond acceptors (Lipinski definition) is 4. The standard InChI is InChI=1S/C22H28N2O3/c1-22(2,3)27-21(26)24-14-7-5-12-19(24)20(25)17-10-8-9-16(15-17)18-11-4-6-13-23-18/h4,6,8-11,13,15,19-20,25H,5,7,12,14H2,1-3H3/t19-,20-/m0/s1. The number of carbonyl (C=O) groups is 1. The normalized spacial score (nSPS) is 18.8. The Hall–Kier alpha value is -2.40. The van der Waals surface area contributed by atoms with Gasteiger partial charge in [0.25, 0.3) is 0 Å². The molecule has 1 N–H and O–H groups in total. The summed E-state index contributed by atoms with van der Waals surface area (Å²) in [6.07, 6.45) is 3.31. The first kappa shape index (κ1) is 19.4. The van der Waals surface area contributed by atoms with Gasteiger partial charge in [-0.05, 0) is 63.8 Å². The Balaban J connectivity index is 1.83. The molecule has 0 spiro atoms. The maximum atomic E-state index is 12.6. The minimum Gasteiger partial charge on any atom is -0.444 e. The van der Waals surface area contributed by atoms with Crippen LogP contribution in [0.2, 0.25) is 0 Å². The summed E-state index contributed by atoms with van der Waals surface area (Å²) in [5, 5.41) is 11.1. The van der Waals surface area contributed by atoms with Gasteiger partial charge in [-0.25, -0.2) is 4.79 Å². The Morgan fingerprint density at radius 1 is 1.22 bits per heavy atom. The van der Waals surface area contributed by atoms with Crippen molar-refractivity contribution in [2.24, 2.45) is 0 Å². The number of rotatable bonds is 3. The van der Waals surface area contributed by atoms with Crippen molar-refractivity contribution >= 4 is 6.09 Å². The number of piperidine rings is 1. The topological polar surface area (TPSA) is 62.7 Å². The van der Waals surface area contributed by atoms with Gasteiger partial charge in [0.15, 0.2) is 0 Å². The van der Waals surface area contributed by atoms with Crippen LogP contribution in [0.4, 0.5) is 4.79 Å². The highest BCUT2D eigenvalue weighted by atomic mass is 16.6. The molecule has 1 aromatic heterocycles. The van der Waals surface area contributed by atoms with E-state index in [0.717, 1.165) is 36.1 Å². The van der Waals surface area contributed by atoms with Crippen molar-refractivity contribution in [1.29, 1.82) is 0 Å². The largest absolute Gasteiger partial charge is 0.444 e. The van der Waals surface area contributed by atoms with Crippen molar-refractivity contribution in [3.63, 3.8) is 0 Å². The number of likely N-dealkylation sites (tertiary alicyclic amines) is 1. The van der Waals surface area contributed by atoms with Crippen LogP contribution >= 0.6 is 0 Å². The van der Waals surface area contributed by atoms with Gasteiger partial charge in [-0.1, -0.05) is 24.3 Å². The van der Waals surface area contributed by atoms with E-state index < -0.39 is 11.7 Å². The summed E-state index contributed by atoms with van der Waals surface area (Å²) >= 11 is 0. The Labute approximate surface area is 161 Å². The van der Waals surface area contributed by atoms with Gasteiger partial charge in [0.05, 0.1) is 17.8 Å². The second-order valence-corrected chi connectivity index (χ2v) is 8.02. The van der Waals surface area contributed by atoms with E-state index in [1.165, 1.54) is 0 Å². The molecule has 0 bridgehead atoms. The summed E-state index contributed by atoms with van der Waals surface area (Å²) in [4.78, 5) is 18.7. The first-order valence-corrected chi connectivity index (χ1v) is 9.54. The lowest BCUT2D eigenvalue weighted by Gasteiger charge is -2.39. The third-order valence-electron chi connectivity index (χ3n) is 4.73. The highest BCUT2D eigenvalue weighted by molar-refractivity contribution is 5.69. The number of aromatic nitrogens is 1. The van der Waals surface area contributed by atoms with E-state index >= 15 is 0 Å². The molecule has 1 saturated heterocycles. The fourth-order valence-electron chi connectivity index (χ4n) is 3.47. The molecule has 1 fully saturated rings.